The summed E-state index contributed by atoms with van der Waals surface area (Å²) < 4.78 is 0.897. The monoisotopic (exact) mass is 229 g/mol. The van der Waals surface area contributed by atoms with Gasteiger partial charge in [0.25, 0.3) is 0 Å². The smallest absolute Gasteiger partial charge is 0.309 e. The number of hydrogen-bond donors (Lipinski definition) is 1. The van der Waals surface area contributed by atoms with Gasteiger partial charge in [-0.1, -0.05) is 15.9 Å². The number of carbonyl (C=O) groups is 1. The fraction of sp³-hybridized carbons (Fsp3) is 0.250. The lowest BCUT2D eigenvalue weighted by Crippen LogP contribution is -2.04. The molecule has 0 saturated heterocycles. The molecule has 0 aliphatic heterocycles. The van der Waals surface area contributed by atoms with Crippen molar-refractivity contribution in [2.45, 2.75) is 13.3 Å². The Morgan fingerprint density at radius 1 is 1.75 bits per heavy atom. The van der Waals surface area contributed by atoms with Crippen molar-refractivity contribution in [3.8, 4) is 0 Å². The van der Waals surface area contributed by atoms with Crippen molar-refractivity contribution in [3.05, 3.63) is 28.0 Å². The molecule has 1 aromatic rings. The van der Waals surface area contributed by atoms with Gasteiger partial charge in [0, 0.05) is 10.7 Å². The van der Waals surface area contributed by atoms with Crippen LogP contribution in [0.1, 0.15) is 11.3 Å². The van der Waals surface area contributed by atoms with Gasteiger partial charge in [0.05, 0.1) is 12.1 Å². The number of carboxylic acids is 1. The SMILES string of the molecule is Cc1c(Br)ccnc1CC(=O)O. The Labute approximate surface area is 78.6 Å². The van der Waals surface area contributed by atoms with Gasteiger partial charge in [-0.05, 0) is 18.6 Å². The summed E-state index contributed by atoms with van der Waals surface area (Å²) in [6, 6.07) is 1.79. The largest absolute Gasteiger partial charge is 0.481 e. The van der Waals surface area contributed by atoms with E-state index in [0.29, 0.717) is 5.69 Å². The minimum absolute atomic E-state index is 0.0225. The second-order valence-electron chi connectivity index (χ2n) is 2.43. The summed E-state index contributed by atoms with van der Waals surface area (Å²) in [5, 5.41) is 8.53. The van der Waals surface area contributed by atoms with Gasteiger partial charge in [0.1, 0.15) is 0 Å². The van der Waals surface area contributed by atoms with Crippen molar-refractivity contribution in [1.29, 1.82) is 0 Å². The van der Waals surface area contributed by atoms with Gasteiger partial charge in [0.15, 0.2) is 0 Å². The molecule has 0 fully saturated rings. The topological polar surface area (TPSA) is 50.2 Å². The Morgan fingerprint density at radius 3 is 3.00 bits per heavy atom. The number of pyridine rings is 1. The molecule has 0 aliphatic rings. The summed E-state index contributed by atoms with van der Waals surface area (Å²) in [7, 11) is 0. The molecule has 12 heavy (non-hydrogen) atoms. The number of halogens is 1. The molecule has 1 rings (SSSR count). The van der Waals surface area contributed by atoms with Crippen molar-refractivity contribution in [1.82, 2.24) is 4.98 Å². The van der Waals surface area contributed by atoms with Crippen molar-refractivity contribution < 1.29 is 9.90 Å². The van der Waals surface area contributed by atoms with Crippen LogP contribution in [0.2, 0.25) is 0 Å². The van der Waals surface area contributed by atoms with Gasteiger partial charge in [-0.2, -0.15) is 0 Å². The molecule has 1 heterocycles. The summed E-state index contributed by atoms with van der Waals surface area (Å²) in [4.78, 5) is 14.3. The third-order valence-corrected chi connectivity index (χ3v) is 2.42. The molecular formula is C8H8BrNO2. The van der Waals surface area contributed by atoms with Gasteiger partial charge in [-0.3, -0.25) is 9.78 Å². The average Bonchev–Trinajstić information content (AvgIpc) is 1.98. The highest BCUT2D eigenvalue weighted by molar-refractivity contribution is 9.10. The van der Waals surface area contributed by atoms with Gasteiger partial charge >= 0.3 is 5.97 Å². The highest BCUT2D eigenvalue weighted by Gasteiger charge is 2.06. The zero-order valence-corrected chi connectivity index (χ0v) is 8.13. The van der Waals surface area contributed by atoms with Crippen molar-refractivity contribution in [3.63, 3.8) is 0 Å². The molecule has 1 aromatic heterocycles. The Kier molecular flexibility index (Phi) is 2.81. The molecule has 0 radical (unpaired) electrons. The van der Waals surface area contributed by atoms with Crippen LogP contribution in [-0.4, -0.2) is 16.1 Å². The van der Waals surface area contributed by atoms with Gasteiger partial charge in [0.2, 0.25) is 0 Å². The number of rotatable bonds is 2. The van der Waals surface area contributed by atoms with E-state index < -0.39 is 5.97 Å². The molecule has 0 amide bonds. The highest BCUT2D eigenvalue weighted by Crippen LogP contribution is 2.17. The van der Waals surface area contributed by atoms with Crippen molar-refractivity contribution >= 4 is 21.9 Å². The predicted molar refractivity (Wildman–Crippen MR) is 48.0 cm³/mol. The molecular weight excluding hydrogens is 222 g/mol. The van der Waals surface area contributed by atoms with Crippen LogP contribution >= 0.6 is 15.9 Å². The van der Waals surface area contributed by atoms with E-state index in [0.717, 1.165) is 10.0 Å². The zero-order chi connectivity index (χ0) is 9.14. The van der Waals surface area contributed by atoms with Gasteiger partial charge < -0.3 is 5.11 Å². The van der Waals surface area contributed by atoms with E-state index in [4.69, 9.17) is 5.11 Å². The van der Waals surface area contributed by atoms with E-state index in [1.165, 1.54) is 0 Å². The fourth-order valence-corrected chi connectivity index (χ4v) is 1.22. The maximum absolute atomic E-state index is 10.4. The molecule has 0 atom stereocenters. The normalized spacial score (nSPS) is 9.83. The number of hydrogen-bond acceptors (Lipinski definition) is 2. The van der Waals surface area contributed by atoms with Crippen LogP contribution in [0.15, 0.2) is 16.7 Å². The third kappa shape index (κ3) is 2.04. The Balaban J connectivity index is 3.00. The van der Waals surface area contributed by atoms with Crippen LogP contribution in [0.5, 0.6) is 0 Å². The molecule has 4 heteroatoms. The molecule has 0 aliphatic carbocycles. The Bertz CT molecular complexity index is 312. The minimum atomic E-state index is -0.858. The number of aromatic nitrogens is 1. The quantitative estimate of drug-likeness (QED) is 0.842. The molecule has 0 bridgehead atoms. The molecule has 1 N–H and O–H groups in total. The molecule has 3 nitrogen and oxygen atoms in total. The van der Waals surface area contributed by atoms with Crippen LogP contribution in [0.25, 0.3) is 0 Å². The first-order chi connectivity index (χ1) is 5.61. The first kappa shape index (κ1) is 9.19. The van der Waals surface area contributed by atoms with E-state index in [1.807, 2.05) is 6.92 Å². The van der Waals surface area contributed by atoms with Gasteiger partial charge in [-0.15, -0.1) is 0 Å². The van der Waals surface area contributed by atoms with E-state index in [2.05, 4.69) is 20.9 Å². The van der Waals surface area contributed by atoms with Gasteiger partial charge in [-0.25, -0.2) is 0 Å². The standard InChI is InChI=1S/C8H8BrNO2/c1-5-6(9)2-3-10-7(5)4-8(11)12/h2-3H,4H2,1H3,(H,11,12). The van der Waals surface area contributed by atoms with Crippen molar-refractivity contribution in [2.24, 2.45) is 0 Å². The Morgan fingerprint density at radius 2 is 2.42 bits per heavy atom. The average molecular weight is 230 g/mol. The third-order valence-electron chi connectivity index (χ3n) is 1.56. The van der Waals surface area contributed by atoms with E-state index in [-0.39, 0.29) is 6.42 Å². The van der Waals surface area contributed by atoms with Crippen LogP contribution in [0.4, 0.5) is 0 Å². The van der Waals surface area contributed by atoms with Crippen molar-refractivity contribution in [2.75, 3.05) is 0 Å². The van der Waals surface area contributed by atoms with E-state index in [1.54, 1.807) is 12.3 Å². The summed E-state index contributed by atoms with van der Waals surface area (Å²) in [6.07, 6.45) is 1.57. The summed E-state index contributed by atoms with van der Waals surface area (Å²) in [5.41, 5.74) is 1.50. The zero-order valence-electron chi connectivity index (χ0n) is 6.54. The van der Waals surface area contributed by atoms with Crippen LogP contribution in [0.3, 0.4) is 0 Å². The maximum Gasteiger partial charge on any atom is 0.309 e. The summed E-state index contributed by atoms with van der Waals surface area (Å²) in [5.74, 6) is -0.858. The van der Waals surface area contributed by atoms with E-state index >= 15 is 0 Å². The first-order valence-electron chi connectivity index (χ1n) is 3.43. The fourth-order valence-electron chi connectivity index (χ4n) is 0.874. The van der Waals surface area contributed by atoms with E-state index in [9.17, 15) is 4.79 Å². The molecule has 0 saturated carbocycles. The second kappa shape index (κ2) is 3.67. The number of aliphatic carboxylic acids is 1. The lowest BCUT2D eigenvalue weighted by molar-refractivity contribution is -0.136. The molecule has 0 aromatic carbocycles. The molecule has 0 spiro atoms. The second-order valence-corrected chi connectivity index (χ2v) is 3.29. The minimum Gasteiger partial charge on any atom is -0.481 e. The van der Waals surface area contributed by atoms with Crippen LogP contribution in [-0.2, 0) is 11.2 Å². The summed E-state index contributed by atoms with van der Waals surface area (Å²) >= 11 is 3.30. The lowest BCUT2D eigenvalue weighted by atomic mass is 10.2. The Hall–Kier alpha value is -0.900. The predicted octanol–water partition coefficient (Wildman–Crippen LogP) is 1.78. The number of carboxylic acid groups (broad SMARTS) is 1. The highest BCUT2D eigenvalue weighted by atomic mass is 79.9. The first-order valence-corrected chi connectivity index (χ1v) is 4.22. The molecule has 64 valence electrons. The molecule has 0 unspecified atom stereocenters. The van der Waals surface area contributed by atoms with Crippen LogP contribution < -0.4 is 0 Å². The van der Waals surface area contributed by atoms with Crippen LogP contribution in [0, 0.1) is 6.92 Å². The number of nitrogens with zero attached hydrogens (tertiary/aromatic N) is 1. The summed E-state index contributed by atoms with van der Waals surface area (Å²) in [6.45, 7) is 1.84. The lowest BCUT2D eigenvalue weighted by Gasteiger charge is -2.02. The maximum atomic E-state index is 10.4.